The summed E-state index contributed by atoms with van der Waals surface area (Å²) in [7, 11) is 0. The summed E-state index contributed by atoms with van der Waals surface area (Å²) < 4.78 is 0. The van der Waals surface area contributed by atoms with E-state index in [-0.39, 0.29) is 0 Å². The van der Waals surface area contributed by atoms with Crippen molar-refractivity contribution in [3.63, 3.8) is 0 Å². The zero-order chi connectivity index (χ0) is 10.5. The van der Waals surface area contributed by atoms with Crippen molar-refractivity contribution in [2.24, 2.45) is 5.92 Å². The third-order valence-electron chi connectivity index (χ3n) is 3.86. The lowest BCUT2D eigenvalue weighted by Crippen LogP contribution is -2.47. The largest absolute Gasteiger partial charge is 0.301 e. The van der Waals surface area contributed by atoms with Gasteiger partial charge in [-0.2, -0.15) is 0 Å². The molecule has 2 fully saturated rings. The van der Waals surface area contributed by atoms with Crippen LogP contribution in [-0.2, 0) is 0 Å². The first-order valence-corrected chi connectivity index (χ1v) is 7.51. The Hall–Kier alpha value is 0.400. The van der Waals surface area contributed by atoms with Crippen LogP contribution in [0.25, 0.3) is 0 Å². The van der Waals surface area contributed by atoms with Gasteiger partial charge in [0.1, 0.15) is 0 Å². The molecule has 15 heavy (non-hydrogen) atoms. The molecule has 2 rings (SSSR count). The number of hydrogen-bond acceptors (Lipinski definition) is 2. The maximum Gasteiger partial charge on any atom is 0.0159 e. The van der Waals surface area contributed by atoms with Gasteiger partial charge in [-0.1, -0.05) is 28.8 Å². The SMILES string of the molecule is BrCCN1CCN(CC2CCCC2)CC1. The zero-order valence-electron chi connectivity index (χ0n) is 9.63. The summed E-state index contributed by atoms with van der Waals surface area (Å²) >= 11 is 3.52. The van der Waals surface area contributed by atoms with Crippen LogP contribution in [0.2, 0.25) is 0 Å². The molecule has 0 atom stereocenters. The van der Waals surface area contributed by atoms with Crippen LogP contribution in [0.15, 0.2) is 0 Å². The molecule has 1 heterocycles. The predicted molar refractivity (Wildman–Crippen MR) is 68.6 cm³/mol. The van der Waals surface area contributed by atoms with Crippen molar-refractivity contribution in [3.05, 3.63) is 0 Å². The van der Waals surface area contributed by atoms with E-state index in [1.165, 1.54) is 65.0 Å². The van der Waals surface area contributed by atoms with Crippen LogP contribution in [-0.4, -0.2) is 54.4 Å². The van der Waals surface area contributed by atoms with Gasteiger partial charge in [0.05, 0.1) is 0 Å². The van der Waals surface area contributed by atoms with Gasteiger partial charge in [-0.15, -0.1) is 0 Å². The van der Waals surface area contributed by atoms with Gasteiger partial charge in [0.15, 0.2) is 0 Å². The fourth-order valence-corrected chi connectivity index (χ4v) is 3.37. The van der Waals surface area contributed by atoms with E-state index in [1.54, 1.807) is 0 Å². The summed E-state index contributed by atoms with van der Waals surface area (Å²) in [5.41, 5.74) is 0. The second kappa shape index (κ2) is 6.21. The normalized spacial score (nSPS) is 26.2. The van der Waals surface area contributed by atoms with E-state index in [9.17, 15) is 0 Å². The summed E-state index contributed by atoms with van der Waals surface area (Å²) in [6, 6.07) is 0. The summed E-state index contributed by atoms with van der Waals surface area (Å²) in [5, 5.41) is 1.12. The van der Waals surface area contributed by atoms with Crippen molar-refractivity contribution >= 4 is 15.9 Å². The molecule has 3 heteroatoms. The van der Waals surface area contributed by atoms with E-state index in [1.807, 2.05) is 0 Å². The molecular weight excluding hydrogens is 252 g/mol. The molecule has 0 aromatic rings. The molecule has 1 aliphatic carbocycles. The molecule has 0 spiro atoms. The second-order valence-corrected chi connectivity index (χ2v) is 5.77. The molecule has 0 N–H and O–H groups in total. The molecular formula is C12H23BrN2. The van der Waals surface area contributed by atoms with Crippen LogP contribution >= 0.6 is 15.9 Å². The topological polar surface area (TPSA) is 6.48 Å². The predicted octanol–water partition coefficient (Wildman–Crippen LogP) is 2.19. The number of halogens is 1. The Labute approximate surface area is 102 Å². The summed E-state index contributed by atoms with van der Waals surface area (Å²) in [6.07, 6.45) is 5.94. The van der Waals surface area contributed by atoms with Gasteiger partial charge in [0, 0.05) is 44.6 Å². The molecule has 0 aromatic heterocycles. The molecule has 0 radical (unpaired) electrons. The van der Waals surface area contributed by atoms with Crippen molar-refractivity contribution < 1.29 is 0 Å². The average molecular weight is 275 g/mol. The van der Waals surface area contributed by atoms with Crippen LogP contribution in [0.4, 0.5) is 0 Å². The van der Waals surface area contributed by atoms with Gasteiger partial charge in [0.2, 0.25) is 0 Å². The Balaban J connectivity index is 1.64. The Morgan fingerprint density at radius 1 is 0.933 bits per heavy atom. The lowest BCUT2D eigenvalue weighted by Gasteiger charge is -2.35. The smallest absolute Gasteiger partial charge is 0.0159 e. The Kier molecular flexibility index (Phi) is 4.92. The molecule has 88 valence electrons. The molecule has 1 saturated heterocycles. The molecule has 2 aliphatic rings. The molecule has 0 aromatic carbocycles. The van der Waals surface area contributed by atoms with Gasteiger partial charge < -0.3 is 4.90 Å². The van der Waals surface area contributed by atoms with Crippen molar-refractivity contribution in [2.75, 3.05) is 44.6 Å². The molecule has 0 amide bonds. The second-order valence-electron chi connectivity index (χ2n) is 4.98. The van der Waals surface area contributed by atoms with Crippen LogP contribution in [0, 0.1) is 5.92 Å². The third kappa shape index (κ3) is 3.72. The highest BCUT2D eigenvalue weighted by molar-refractivity contribution is 9.09. The first-order chi connectivity index (χ1) is 7.38. The quantitative estimate of drug-likeness (QED) is 0.726. The van der Waals surface area contributed by atoms with E-state index in [2.05, 4.69) is 25.7 Å². The van der Waals surface area contributed by atoms with Crippen molar-refractivity contribution in [3.8, 4) is 0 Å². The highest BCUT2D eigenvalue weighted by atomic mass is 79.9. The van der Waals surface area contributed by atoms with Crippen molar-refractivity contribution in [1.29, 1.82) is 0 Å². The maximum atomic E-state index is 3.52. The molecule has 0 bridgehead atoms. The zero-order valence-corrected chi connectivity index (χ0v) is 11.2. The summed E-state index contributed by atoms with van der Waals surface area (Å²) in [6.45, 7) is 7.74. The maximum absolute atomic E-state index is 3.52. The van der Waals surface area contributed by atoms with E-state index in [4.69, 9.17) is 0 Å². The highest BCUT2D eigenvalue weighted by Gasteiger charge is 2.21. The number of alkyl halides is 1. The van der Waals surface area contributed by atoms with Crippen molar-refractivity contribution in [1.82, 2.24) is 9.80 Å². The highest BCUT2D eigenvalue weighted by Crippen LogP contribution is 2.25. The van der Waals surface area contributed by atoms with Crippen LogP contribution in [0.1, 0.15) is 25.7 Å². The Morgan fingerprint density at radius 3 is 2.13 bits per heavy atom. The molecule has 1 saturated carbocycles. The minimum absolute atomic E-state index is 1.02. The third-order valence-corrected chi connectivity index (χ3v) is 4.21. The molecule has 0 unspecified atom stereocenters. The van der Waals surface area contributed by atoms with Crippen molar-refractivity contribution in [2.45, 2.75) is 25.7 Å². The Morgan fingerprint density at radius 2 is 1.53 bits per heavy atom. The van der Waals surface area contributed by atoms with Gasteiger partial charge >= 0.3 is 0 Å². The summed E-state index contributed by atoms with van der Waals surface area (Å²) in [5.74, 6) is 1.02. The van der Waals surface area contributed by atoms with E-state index in [0.29, 0.717) is 0 Å². The number of nitrogens with zero attached hydrogens (tertiary/aromatic N) is 2. The molecule has 2 nitrogen and oxygen atoms in total. The standard InChI is InChI=1S/C12H23BrN2/c13-5-6-14-7-9-15(10-8-14)11-12-3-1-2-4-12/h12H,1-11H2. The minimum Gasteiger partial charge on any atom is -0.301 e. The van der Waals surface area contributed by atoms with Gasteiger partial charge in [-0.3, -0.25) is 4.90 Å². The first-order valence-electron chi connectivity index (χ1n) is 6.39. The fourth-order valence-electron chi connectivity index (χ4n) is 2.87. The van der Waals surface area contributed by atoms with E-state index in [0.717, 1.165) is 11.2 Å². The van der Waals surface area contributed by atoms with Crippen LogP contribution < -0.4 is 0 Å². The van der Waals surface area contributed by atoms with Gasteiger partial charge in [0.25, 0.3) is 0 Å². The van der Waals surface area contributed by atoms with Crippen LogP contribution in [0.3, 0.4) is 0 Å². The monoisotopic (exact) mass is 274 g/mol. The number of rotatable bonds is 4. The van der Waals surface area contributed by atoms with E-state index < -0.39 is 0 Å². The lowest BCUT2D eigenvalue weighted by molar-refractivity contribution is 0.123. The fraction of sp³-hybridized carbons (Fsp3) is 1.00. The van der Waals surface area contributed by atoms with Crippen LogP contribution in [0.5, 0.6) is 0 Å². The molecule has 1 aliphatic heterocycles. The van der Waals surface area contributed by atoms with Gasteiger partial charge in [-0.25, -0.2) is 0 Å². The van der Waals surface area contributed by atoms with Gasteiger partial charge in [-0.05, 0) is 18.8 Å². The van der Waals surface area contributed by atoms with E-state index >= 15 is 0 Å². The average Bonchev–Trinajstić information content (AvgIpc) is 2.74. The first kappa shape index (κ1) is 11.9. The minimum atomic E-state index is 1.02. The Bertz CT molecular complexity index is 172. The number of piperazine rings is 1. The summed E-state index contributed by atoms with van der Waals surface area (Å²) in [4.78, 5) is 5.25. The number of hydrogen-bond donors (Lipinski definition) is 0. The lowest BCUT2D eigenvalue weighted by atomic mass is 10.1.